The van der Waals surface area contributed by atoms with E-state index in [0.717, 1.165) is 5.01 Å². The van der Waals surface area contributed by atoms with Crippen molar-refractivity contribution in [3.05, 3.63) is 28.7 Å². The molecule has 0 saturated heterocycles. The molecule has 0 saturated carbocycles. The van der Waals surface area contributed by atoms with Crippen molar-refractivity contribution in [2.24, 2.45) is 0 Å². The fourth-order valence-corrected chi connectivity index (χ4v) is 1.80. The molecule has 0 spiro atoms. The molecule has 4 heteroatoms. The molecule has 0 bridgehead atoms. The van der Waals surface area contributed by atoms with Gasteiger partial charge in [0.05, 0.1) is 5.54 Å². The summed E-state index contributed by atoms with van der Waals surface area (Å²) < 4.78 is 0. The van der Waals surface area contributed by atoms with Crippen LogP contribution in [0.1, 0.15) is 25.8 Å². The maximum Gasteiger partial charge on any atom is 0.244 e. The number of carbonyl (C=O) groups is 1. The Hall–Kier alpha value is -1.16. The summed E-state index contributed by atoms with van der Waals surface area (Å²) >= 11 is 1.54. The highest BCUT2D eigenvalue weighted by Gasteiger charge is 2.24. The number of aromatic nitrogens is 1. The van der Waals surface area contributed by atoms with Gasteiger partial charge < -0.3 is 5.32 Å². The second-order valence-electron chi connectivity index (χ2n) is 3.45. The standard InChI is InChI=1S/C10H14N2OS/c1-4-5-8(13)12-10(2,3)9-11-6-7-14-9/h4-7H,1-3H3,(H,12,13)/b5-4+. The summed E-state index contributed by atoms with van der Waals surface area (Å²) in [5.41, 5.74) is -0.398. The normalized spacial score (nSPS) is 11.9. The number of hydrogen-bond acceptors (Lipinski definition) is 3. The van der Waals surface area contributed by atoms with Gasteiger partial charge in [-0.25, -0.2) is 4.98 Å². The average molecular weight is 210 g/mol. The van der Waals surface area contributed by atoms with Crippen LogP contribution in [0, 0.1) is 0 Å². The van der Waals surface area contributed by atoms with Crippen LogP contribution in [0.5, 0.6) is 0 Å². The van der Waals surface area contributed by atoms with Gasteiger partial charge in [0, 0.05) is 11.6 Å². The summed E-state index contributed by atoms with van der Waals surface area (Å²) in [5.74, 6) is -0.0901. The Morgan fingerprint density at radius 2 is 2.36 bits per heavy atom. The topological polar surface area (TPSA) is 42.0 Å². The van der Waals surface area contributed by atoms with Crippen molar-refractivity contribution in [2.75, 3.05) is 0 Å². The quantitative estimate of drug-likeness (QED) is 0.776. The van der Waals surface area contributed by atoms with Crippen molar-refractivity contribution in [3.63, 3.8) is 0 Å². The maximum atomic E-state index is 11.3. The second kappa shape index (κ2) is 4.37. The van der Waals surface area contributed by atoms with Crippen LogP contribution in [0.4, 0.5) is 0 Å². The fourth-order valence-electron chi connectivity index (χ4n) is 1.09. The predicted molar refractivity (Wildman–Crippen MR) is 58.1 cm³/mol. The van der Waals surface area contributed by atoms with Crippen molar-refractivity contribution in [1.82, 2.24) is 10.3 Å². The molecule has 1 rings (SSSR count). The minimum absolute atomic E-state index is 0.0901. The molecule has 1 aromatic heterocycles. The number of amides is 1. The summed E-state index contributed by atoms with van der Waals surface area (Å²) in [5, 5.41) is 5.70. The third-order valence-corrected chi connectivity index (χ3v) is 2.82. The zero-order chi connectivity index (χ0) is 10.6. The Labute approximate surface area is 87.9 Å². The molecule has 3 nitrogen and oxygen atoms in total. The number of nitrogens with one attached hydrogen (secondary N) is 1. The van der Waals surface area contributed by atoms with E-state index in [1.807, 2.05) is 26.2 Å². The second-order valence-corrected chi connectivity index (χ2v) is 4.35. The van der Waals surface area contributed by atoms with E-state index < -0.39 is 5.54 Å². The number of nitrogens with zero attached hydrogens (tertiary/aromatic N) is 1. The molecule has 1 heterocycles. The molecule has 1 amide bonds. The van der Waals surface area contributed by atoms with E-state index in [-0.39, 0.29) is 5.91 Å². The molecule has 0 aliphatic rings. The van der Waals surface area contributed by atoms with Crippen LogP contribution in [0.3, 0.4) is 0 Å². The van der Waals surface area contributed by atoms with Crippen molar-refractivity contribution < 1.29 is 4.79 Å². The molecule has 0 fully saturated rings. The van der Waals surface area contributed by atoms with Gasteiger partial charge in [0.25, 0.3) is 0 Å². The van der Waals surface area contributed by atoms with Gasteiger partial charge in [0.15, 0.2) is 0 Å². The van der Waals surface area contributed by atoms with Crippen molar-refractivity contribution in [2.45, 2.75) is 26.3 Å². The third-order valence-electron chi connectivity index (χ3n) is 1.72. The highest BCUT2D eigenvalue weighted by Crippen LogP contribution is 2.21. The van der Waals surface area contributed by atoms with Gasteiger partial charge >= 0.3 is 0 Å². The van der Waals surface area contributed by atoms with E-state index in [0.29, 0.717) is 0 Å². The zero-order valence-corrected chi connectivity index (χ0v) is 9.39. The predicted octanol–water partition coefficient (Wildman–Crippen LogP) is 2.07. The number of thiazole rings is 1. The first kappa shape index (κ1) is 10.9. The van der Waals surface area contributed by atoms with Crippen molar-refractivity contribution >= 4 is 17.2 Å². The Morgan fingerprint density at radius 1 is 1.64 bits per heavy atom. The molecule has 1 aromatic rings. The van der Waals surface area contributed by atoms with Crippen LogP contribution in [-0.2, 0) is 10.3 Å². The van der Waals surface area contributed by atoms with Crippen molar-refractivity contribution in [1.29, 1.82) is 0 Å². The van der Waals surface area contributed by atoms with Crippen LogP contribution in [0.25, 0.3) is 0 Å². The Balaban J connectivity index is 2.72. The molecule has 0 atom stereocenters. The van der Waals surface area contributed by atoms with Crippen LogP contribution >= 0.6 is 11.3 Å². The van der Waals surface area contributed by atoms with E-state index >= 15 is 0 Å². The lowest BCUT2D eigenvalue weighted by atomic mass is 10.1. The summed E-state index contributed by atoms with van der Waals surface area (Å²) in [6.45, 7) is 5.69. The van der Waals surface area contributed by atoms with Crippen LogP contribution < -0.4 is 5.32 Å². The average Bonchev–Trinajstić information content (AvgIpc) is 2.54. The van der Waals surface area contributed by atoms with Crippen LogP contribution in [0.2, 0.25) is 0 Å². The van der Waals surface area contributed by atoms with E-state index in [2.05, 4.69) is 10.3 Å². The first-order valence-electron chi connectivity index (χ1n) is 4.41. The summed E-state index contributed by atoms with van der Waals surface area (Å²) in [4.78, 5) is 15.5. The minimum Gasteiger partial charge on any atom is -0.341 e. The third kappa shape index (κ3) is 2.67. The van der Waals surface area contributed by atoms with Crippen LogP contribution in [-0.4, -0.2) is 10.9 Å². The smallest absolute Gasteiger partial charge is 0.244 e. The van der Waals surface area contributed by atoms with E-state index in [1.54, 1.807) is 23.6 Å². The molecular weight excluding hydrogens is 196 g/mol. The van der Waals surface area contributed by atoms with Gasteiger partial charge in [-0.3, -0.25) is 4.79 Å². The fraction of sp³-hybridized carbons (Fsp3) is 0.400. The highest BCUT2D eigenvalue weighted by atomic mass is 32.1. The molecule has 14 heavy (non-hydrogen) atoms. The summed E-state index contributed by atoms with van der Waals surface area (Å²) in [7, 11) is 0. The lowest BCUT2D eigenvalue weighted by Crippen LogP contribution is -2.39. The van der Waals surface area contributed by atoms with Gasteiger partial charge in [0.2, 0.25) is 5.91 Å². The number of allylic oxidation sites excluding steroid dienone is 1. The number of rotatable bonds is 3. The maximum absolute atomic E-state index is 11.3. The largest absolute Gasteiger partial charge is 0.341 e. The molecule has 0 aromatic carbocycles. The summed E-state index contributed by atoms with van der Waals surface area (Å²) in [6, 6.07) is 0. The number of carbonyl (C=O) groups excluding carboxylic acids is 1. The SMILES string of the molecule is C/C=C/C(=O)NC(C)(C)c1nccs1. The van der Waals surface area contributed by atoms with Gasteiger partial charge in [-0.2, -0.15) is 0 Å². The van der Waals surface area contributed by atoms with Crippen molar-refractivity contribution in [3.8, 4) is 0 Å². The van der Waals surface area contributed by atoms with Gasteiger partial charge in [-0.1, -0.05) is 6.08 Å². The first-order valence-corrected chi connectivity index (χ1v) is 5.29. The Bertz CT molecular complexity index is 328. The van der Waals surface area contributed by atoms with Gasteiger partial charge in [-0.15, -0.1) is 11.3 Å². The molecule has 0 radical (unpaired) electrons. The highest BCUT2D eigenvalue weighted by molar-refractivity contribution is 7.09. The molecule has 0 aliphatic heterocycles. The van der Waals surface area contributed by atoms with Gasteiger partial charge in [0.1, 0.15) is 5.01 Å². The summed E-state index contributed by atoms with van der Waals surface area (Å²) in [6.07, 6.45) is 4.96. The minimum atomic E-state index is -0.398. The van der Waals surface area contributed by atoms with Gasteiger partial charge in [-0.05, 0) is 26.8 Å². The molecule has 76 valence electrons. The van der Waals surface area contributed by atoms with Crippen LogP contribution in [0.15, 0.2) is 23.7 Å². The Morgan fingerprint density at radius 3 is 2.86 bits per heavy atom. The monoisotopic (exact) mass is 210 g/mol. The molecular formula is C10H14N2OS. The zero-order valence-electron chi connectivity index (χ0n) is 8.57. The number of hydrogen-bond donors (Lipinski definition) is 1. The lowest BCUT2D eigenvalue weighted by Gasteiger charge is -2.22. The van der Waals surface area contributed by atoms with E-state index in [4.69, 9.17) is 0 Å². The molecule has 0 aliphatic carbocycles. The van der Waals surface area contributed by atoms with E-state index in [1.165, 1.54) is 6.08 Å². The molecule has 1 N–H and O–H groups in total. The van der Waals surface area contributed by atoms with E-state index in [9.17, 15) is 4.79 Å². The lowest BCUT2D eigenvalue weighted by molar-refractivity contribution is -0.118. The first-order chi connectivity index (χ1) is 6.56. The molecule has 0 unspecified atom stereocenters. The Kier molecular flexibility index (Phi) is 3.41.